The monoisotopic (exact) mass is 850 g/mol. The number of aromatic nitrogens is 2. The molecule has 2 saturated heterocycles. The highest BCUT2D eigenvalue weighted by Gasteiger charge is 2.45. The maximum absolute atomic E-state index is 13.7. The van der Waals surface area contributed by atoms with Crippen molar-refractivity contribution in [3.8, 4) is 0 Å². The summed E-state index contributed by atoms with van der Waals surface area (Å²) in [6.45, 7) is 10.3. The molecule has 5 amide bonds. The summed E-state index contributed by atoms with van der Waals surface area (Å²) in [5, 5.41) is 17.6. The predicted molar refractivity (Wildman–Crippen MR) is 229 cm³/mol. The Hall–Kier alpha value is -6.24. The molecule has 3 aromatic carbocycles. The van der Waals surface area contributed by atoms with E-state index in [0.717, 1.165) is 21.8 Å². The average molecular weight is 851 g/mol. The van der Waals surface area contributed by atoms with Crippen molar-refractivity contribution in [2.75, 3.05) is 48.3 Å². The highest BCUT2D eigenvalue weighted by atomic mass is 32.2. The van der Waals surface area contributed by atoms with Gasteiger partial charge in [0.05, 0.1) is 4.90 Å². The third-order valence-electron chi connectivity index (χ3n) is 11.1. The minimum Gasteiger partial charge on any atom is -0.368 e. The Morgan fingerprint density at radius 1 is 0.934 bits per heavy atom. The molecule has 4 heterocycles. The number of piperidine rings is 1. The first-order valence-corrected chi connectivity index (χ1v) is 21.7. The number of amides is 5. The van der Waals surface area contributed by atoms with Crippen molar-refractivity contribution >= 4 is 68.4 Å². The molecule has 7 rings (SSSR count). The number of primary sulfonamides is 1. The Balaban J connectivity index is 0.905. The van der Waals surface area contributed by atoms with Crippen LogP contribution in [0.2, 0.25) is 0 Å². The smallest absolute Gasteiger partial charge is 0.261 e. The average Bonchev–Trinajstić information content (AvgIpc) is 3.22. The zero-order valence-electron chi connectivity index (χ0n) is 34.5. The number of hydrogen-bond donors (Lipinski definition) is 5. The molecule has 0 aliphatic carbocycles. The van der Waals surface area contributed by atoms with Gasteiger partial charge in [-0.05, 0) is 79.8 Å². The van der Waals surface area contributed by atoms with E-state index in [0.29, 0.717) is 73.3 Å². The SMILES string of the molecule is Cc1cnc(Nc2ccc(N3CCN(C(=O)CCCNC4C(=O)N(C5CCC(=O)NC5=O)C(=O)c5ccccc54)CC3)cc2)nc1Nc1cccc(S(N)(=O)=O)c1C(C)(C)C. The van der Waals surface area contributed by atoms with Crippen LogP contribution in [0.4, 0.5) is 28.8 Å². The largest absolute Gasteiger partial charge is 0.368 e. The molecule has 6 N–H and O–H groups in total. The van der Waals surface area contributed by atoms with Crippen LogP contribution in [-0.4, -0.2) is 96.5 Å². The predicted octanol–water partition coefficient (Wildman–Crippen LogP) is 3.76. The zero-order chi connectivity index (χ0) is 43.6. The third-order valence-corrected chi connectivity index (χ3v) is 12.0. The fraction of sp³-hybridized carbons (Fsp3) is 0.372. The highest BCUT2D eigenvalue weighted by Crippen LogP contribution is 2.37. The molecule has 2 unspecified atom stereocenters. The fourth-order valence-corrected chi connectivity index (χ4v) is 8.98. The third kappa shape index (κ3) is 9.40. The lowest BCUT2D eigenvalue weighted by Crippen LogP contribution is -2.60. The van der Waals surface area contributed by atoms with Gasteiger partial charge in [0, 0.05) is 79.0 Å². The van der Waals surface area contributed by atoms with Crippen LogP contribution in [0.3, 0.4) is 0 Å². The molecule has 4 aromatic rings. The van der Waals surface area contributed by atoms with E-state index >= 15 is 0 Å². The minimum atomic E-state index is -3.97. The fourth-order valence-electron chi connectivity index (χ4n) is 8.01. The Morgan fingerprint density at radius 2 is 1.66 bits per heavy atom. The quantitative estimate of drug-likeness (QED) is 0.101. The lowest BCUT2D eigenvalue weighted by molar-refractivity contribution is -0.144. The van der Waals surface area contributed by atoms with Gasteiger partial charge in [-0.15, -0.1) is 0 Å². The van der Waals surface area contributed by atoms with Crippen LogP contribution in [-0.2, 0) is 34.6 Å². The number of fused-ring (bicyclic) bond motifs is 1. The number of rotatable bonds is 12. The van der Waals surface area contributed by atoms with Crippen LogP contribution in [0.25, 0.3) is 0 Å². The second-order valence-electron chi connectivity index (χ2n) is 16.4. The molecule has 1 aromatic heterocycles. The molecule has 61 heavy (non-hydrogen) atoms. The molecule has 320 valence electrons. The molecule has 2 atom stereocenters. The van der Waals surface area contributed by atoms with Crippen LogP contribution in [0, 0.1) is 6.92 Å². The summed E-state index contributed by atoms with van der Waals surface area (Å²) < 4.78 is 24.9. The summed E-state index contributed by atoms with van der Waals surface area (Å²) in [6.07, 6.45) is 2.51. The molecule has 0 saturated carbocycles. The van der Waals surface area contributed by atoms with Crippen LogP contribution in [0.5, 0.6) is 0 Å². The normalized spacial score (nSPS) is 18.5. The highest BCUT2D eigenvalue weighted by molar-refractivity contribution is 7.89. The van der Waals surface area contributed by atoms with Gasteiger partial charge in [-0.1, -0.05) is 45.0 Å². The molecule has 0 bridgehead atoms. The molecule has 3 aliphatic heterocycles. The van der Waals surface area contributed by atoms with Gasteiger partial charge in [0.2, 0.25) is 33.7 Å². The van der Waals surface area contributed by atoms with E-state index in [1.165, 1.54) is 6.07 Å². The van der Waals surface area contributed by atoms with Crippen molar-refractivity contribution in [2.45, 2.75) is 75.8 Å². The van der Waals surface area contributed by atoms with Gasteiger partial charge in [0.1, 0.15) is 17.9 Å². The first-order valence-electron chi connectivity index (χ1n) is 20.2. The second kappa shape index (κ2) is 17.4. The number of nitrogens with zero attached hydrogens (tertiary/aromatic N) is 5. The number of piperazine rings is 1. The van der Waals surface area contributed by atoms with Crippen molar-refractivity contribution in [1.29, 1.82) is 0 Å². The first kappa shape index (κ1) is 42.9. The van der Waals surface area contributed by atoms with Crippen molar-refractivity contribution in [2.24, 2.45) is 5.14 Å². The molecule has 18 heteroatoms. The van der Waals surface area contributed by atoms with Crippen molar-refractivity contribution in [3.63, 3.8) is 0 Å². The lowest BCUT2D eigenvalue weighted by Gasteiger charge is -2.38. The Labute approximate surface area is 354 Å². The number of carbonyl (C=O) groups is 5. The van der Waals surface area contributed by atoms with E-state index in [1.54, 1.807) is 42.6 Å². The van der Waals surface area contributed by atoms with Crippen LogP contribution in [0.1, 0.15) is 79.5 Å². The van der Waals surface area contributed by atoms with Crippen molar-refractivity contribution in [3.05, 3.63) is 95.2 Å². The second-order valence-corrected chi connectivity index (χ2v) is 18.0. The zero-order valence-corrected chi connectivity index (χ0v) is 35.3. The standard InChI is InChI=1S/C43H50N10O7S/c1-26-25-46-42(50-38(26)48-31-11-7-12-33(61(44,59)60)36(31)43(2,3)4)47-27-14-16-28(17-15-27)51-21-23-52(24-22-51)35(55)13-8-20-45-37-29-9-5-6-10-30(29)40(57)53(41(37)58)32-18-19-34(54)49-39(32)56/h5-7,9-12,14-17,25,32,37,45H,8,13,18-24H2,1-4H3,(H2,44,59,60)(H,49,54,56)(H2,46,47,48,50). The number of aryl methyl sites for hydroxylation is 1. The summed E-state index contributed by atoms with van der Waals surface area (Å²) in [6, 6.07) is 17.6. The van der Waals surface area contributed by atoms with Crippen LogP contribution in [0.15, 0.2) is 77.8 Å². The van der Waals surface area contributed by atoms with E-state index in [2.05, 4.69) is 36.1 Å². The summed E-state index contributed by atoms with van der Waals surface area (Å²) in [5.41, 5.74) is 3.95. The van der Waals surface area contributed by atoms with Gasteiger partial charge >= 0.3 is 0 Å². The molecule has 17 nitrogen and oxygen atoms in total. The number of anilines is 5. The van der Waals surface area contributed by atoms with Gasteiger partial charge in [0.15, 0.2) is 0 Å². The molecule has 0 spiro atoms. The maximum Gasteiger partial charge on any atom is 0.261 e. The summed E-state index contributed by atoms with van der Waals surface area (Å²) in [7, 11) is -3.97. The van der Waals surface area contributed by atoms with Gasteiger partial charge < -0.3 is 25.8 Å². The van der Waals surface area contributed by atoms with Crippen LogP contribution < -0.4 is 31.3 Å². The van der Waals surface area contributed by atoms with Gasteiger partial charge in [-0.2, -0.15) is 4.98 Å². The molecular formula is C43H50N10O7S. The molecule has 2 fully saturated rings. The Bertz CT molecular complexity index is 2480. The minimum absolute atomic E-state index is 0.00965. The number of benzene rings is 3. The summed E-state index contributed by atoms with van der Waals surface area (Å²) in [5.74, 6) is -1.36. The number of imide groups is 2. The number of nitrogens with one attached hydrogen (secondary N) is 4. The van der Waals surface area contributed by atoms with E-state index < -0.39 is 51.2 Å². The summed E-state index contributed by atoms with van der Waals surface area (Å²) in [4.78, 5) is 78.8. The number of nitrogens with two attached hydrogens (primary N) is 1. The lowest BCUT2D eigenvalue weighted by atomic mass is 9.85. The molecular weight excluding hydrogens is 801 g/mol. The van der Waals surface area contributed by atoms with E-state index in [4.69, 9.17) is 5.14 Å². The first-order chi connectivity index (χ1) is 29.0. The van der Waals surface area contributed by atoms with Gasteiger partial charge in [0.25, 0.3) is 11.8 Å². The van der Waals surface area contributed by atoms with Gasteiger partial charge in [-0.3, -0.25) is 34.2 Å². The van der Waals surface area contributed by atoms with Crippen molar-refractivity contribution < 1.29 is 32.4 Å². The number of hydrogen-bond acceptors (Lipinski definition) is 13. The van der Waals surface area contributed by atoms with E-state index in [1.807, 2.05) is 56.9 Å². The molecule has 0 radical (unpaired) electrons. The van der Waals surface area contributed by atoms with Crippen LogP contribution >= 0.6 is 0 Å². The maximum atomic E-state index is 13.7. The number of carbonyl (C=O) groups excluding carboxylic acids is 5. The Kier molecular flexibility index (Phi) is 12.2. The summed E-state index contributed by atoms with van der Waals surface area (Å²) >= 11 is 0. The van der Waals surface area contributed by atoms with E-state index in [-0.39, 0.29) is 30.1 Å². The van der Waals surface area contributed by atoms with E-state index in [9.17, 15) is 32.4 Å². The van der Waals surface area contributed by atoms with Gasteiger partial charge in [-0.25, -0.2) is 18.5 Å². The Morgan fingerprint density at radius 3 is 2.34 bits per heavy atom. The number of sulfonamides is 1. The molecule has 3 aliphatic rings. The topological polar surface area (TPSA) is 229 Å². The van der Waals surface area contributed by atoms with Crippen molar-refractivity contribution in [1.82, 2.24) is 30.4 Å².